The summed E-state index contributed by atoms with van der Waals surface area (Å²) in [5.74, 6) is 1.24. The topological polar surface area (TPSA) is 32.3 Å². The number of carbonyl (C=O) groups is 1. The Labute approximate surface area is 131 Å². The molecular formula is C17H23ClN2O. The zero-order valence-electron chi connectivity index (χ0n) is 12.6. The molecule has 0 aromatic heterocycles. The Hall–Kier alpha value is -1.06. The van der Waals surface area contributed by atoms with Crippen molar-refractivity contribution in [3.05, 3.63) is 28.3 Å². The number of anilines is 1. The lowest BCUT2D eigenvalue weighted by Gasteiger charge is -2.43. The highest BCUT2D eigenvalue weighted by Crippen LogP contribution is 2.46. The lowest BCUT2D eigenvalue weighted by Crippen LogP contribution is -2.42. The van der Waals surface area contributed by atoms with Gasteiger partial charge >= 0.3 is 0 Å². The molecule has 1 amide bonds. The molecule has 2 aliphatic rings. The smallest absolute Gasteiger partial charge is 0.211 e. The van der Waals surface area contributed by atoms with Crippen LogP contribution >= 0.6 is 11.6 Å². The summed E-state index contributed by atoms with van der Waals surface area (Å²) in [6.07, 6.45) is 5.41. The quantitative estimate of drug-likeness (QED) is 0.861. The predicted octanol–water partition coefficient (Wildman–Crippen LogP) is 3.67. The third kappa shape index (κ3) is 2.82. The highest BCUT2D eigenvalue weighted by Gasteiger charge is 2.36. The van der Waals surface area contributed by atoms with Gasteiger partial charge in [0, 0.05) is 17.3 Å². The molecule has 0 spiro atoms. The summed E-state index contributed by atoms with van der Waals surface area (Å²) in [6, 6.07) is 3.87. The molecule has 1 saturated heterocycles. The molecule has 3 rings (SSSR count). The number of likely N-dealkylation sites (tertiary alicyclic amines) is 1. The maximum Gasteiger partial charge on any atom is 0.211 e. The van der Waals surface area contributed by atoms with Crippen molar-refractivity contribution in [3.63, 3.8) is 0 Å². The van der Waals surface area contributed by atoms with E-state index in [9.17, 15) is 4.79 Å². The fraction of sp³-hybridized carbons (Fsp3) is 0.588. The number of halogens is 1. The number of hydrogen-bond donors (Lipinski definition) is 1. The van der Waals surface area contributed by atoms with Crippen LogP contribution < -0.4 is 5.32 Å². The van der Waals surface area contributed by atoms with Gasteiger partial charge in [0.25, 0.3) is 0 Å². The van der Waals surface area contributed by atoms with Gasteiger partial charge in [0.2, 0.25) is 6.41 Å². The van der Waals surface area contributed by atoms with E-state index in [1.165, 1.54) is 43.5 Å². The van der Waals surface area contributed by atoms with Crippen molar-refractivity contribution in [2.75, 3.05) is 25.0 Å². The highest BCUT2D eigenvalue weighted by atomic mass is 35.5. The Morgan fingerprint density at radius 2 is 2.29 bits per heavy atom. The number of carbonyl (C=O) groups excluding carboxylic acids is 1. The number of fused-ring (bicyclic) bond motifs is 3. The van der Waals surface area contributed by atoms with Crippen LogP contribution in [0.25, 0.3) is 0 Å². The Kier molecular flexibility index (Phi) is 4.51. The number of nitrogens with one attached hydrogen (secondary N) is 1. The van der Waals surface area contributed by atoms with E-state index in [1.807, 2.05) is 12.1 Å². The molecule has 0 saturated carbocycles. The van der Waals surface area contributed by atoms with Gasteiger partial charge in [0.1, 0.15) is 0 Å². The van der Waals surface area contributed by atoms with Crippen LogP contribution in [0, 0.1) is 5.92 Å². The molecule has 21 heavy (non-hydrogen) atoms. The van der Waals surface area contributed by atoms with E-state index in [0.29, 0.717) is 11.8 Å². The Balaban J connectivity index is 1.92. The third-order valence-electron chi connectivity index (χ3n) is 5.01. The van der Waals surface area contributed by atoms with Crippen molar-refractivity contribution < 1.29 is 4.79 Å². The number of benzene rings is 1. The van der Waals surface area contributed by atoms with Crippen molar-refractivity contribution >= 4 is 23.7 Å². The van der Waals surface area contributed by atoms with Gasteiger partial charge in [-0.05, 0) is 73.9 Å². The molecule has 1 fully saturated rings. The first-order valence-electron chi connectivity index (χ1n) is 7.98. The SMILES string of the molecule is CCCN1CCC2c3c(NC=O)ccc(Cl)c3CCC2C1. The lowest BCUT2D eigenvalue weighted by atomic mass is 9.71. The first-order chi connectivity index (χ1) is 10.2. The average Bonchev–Trinajstić information content (AvgIpc) is 2.50. The molecule has 3 nitrogen and oxygen atoms in total. The molecule has 1 aromatic rings. The number of hydrogen-bond acceptors (Lipinski definition) is 2. The minimum Gasteiger partial charge on any atom is -0.328 e. The second-order valence-corrected chi connectivity index (χ2v) is 6.65. The van der Waals surface area contributed by atoms with Gasteiger partial charge in [-0.2, -0.15) is 0 Å². The van der Waals surface area contributed by atoms with Crippen LogP contribution in [0.5, 0.6) is 0 Å². The van der Waals surface area contributed by atoms with Gasteiger partial charge in [0.05, 0.1) is 0 Å². The molecule has 1 aromatic carbocycles. The summed E-state index contributed by atoms with van der Waals surface area (Å²) in [5.41, 5.74) is 3.53. The standard InChI is InChI=1S/C17H23ClN2O/c1-2-8-20-9-7-13-12(10-20)3-4-14-15(18)5-6-16(17(13)14)19-11-21/h5-6,11-13H,2-4,7-10H2,1H3,(H,19,21). The zero-order valence-corrected chi connectivity index (χ0v) is 13.3. The summed E-state index contributed by atoms with van der Waals surface area (Å²) in [5, 5.41) is 3.74. The largest absolute Gasteiger partial charge is 0.328 e. The fourth-order valence-corrected chi connectivity index (χ4v) is 4.39. The Morgan fingerprint density at radius 3 is 3.05 bits per heavy atom. The summed E-state index contributed by atoms with van der Waals surface area (Å²) in [4.78, 5) is 13.5. The molecule has 1 heterocycles. The van der Waals surface area contributed by atoms with Gasteiger partial charge in [-0.15, -0.1) is 0 Å². The van der Waals surface area contributed by atoms with Crippen LogP contribution in [0.4, 0.5) is 5.69 Å². The summed E-state index contributed by atoms with van der Waals surface area (Å²) >= 11 is 6.40. The minimum absolute atomic E-state index is 0.544. The van der Waals surface area contributed by atoms with Crippen LogP contribution in [-0.4, -0.2) is 30.9 Å². The van der Waals surface area contributed by atoms with E-state index in [1.54, 1.807) is 0 Å². The van der Waals surface area contributed by atoms with Gasteiger partial charge in [-0.3, -0.25) is 4.79 Å². The van der Waals surface area contributed by atoms with Gasteiger partial charge in [0.15, 0.2) is 0 Å². The van der Waals surface area contributed by atoms with Gasteiger partial charge < -0.3 is 10.2 Å². The van der Waals surface area contributed by atoms with Crippen LogP contribution in [0.1, 0.15) is 43.2 Å². The highest BCUT2D eigenvalue weighted by molar-refractivity contribution is 6.31. The number of amides is 1. The second kappa shape index (κ2) is 6.37. The molecule has 114 valence electrons. The number of nitrogens with zero attached hydrogens (tertiary/aromatic N) is 1. The number of piperidine rings is 1. The van der Waals surface area contributed by atoms with E-state index in [0.717, 1.165) is 30.1 Å². The van der Waals surface area contributed by atoms with Crippen molar-refractivity contribution in [2.24, 2.45) is 5.92 Å². The van der Waals surface area contributed by atoms with Gasteiger partial charge in [-0.1, -0.05) is 18.5 Å². The Morgan fingerprint density at radius 1 is 1.43 bits per heavy atom. The predicted molar refractivity (Wildman–Crippen MR) is 87.0 cm³/mol. The van der Waals surface area contributed by atoms with Crippen LogP contribution in [0.2, 0.25) is 5.02 Å². The normalized spacial score (nSPS) is 25.0. The second-order valence-electron chi connectivity index (χ2n) is 6.24. The van der Waals surface area contributed by atoms with E-state index >= 15 is 0 Å². The molecular weight excluding hydrogens is 284 g/mol. The molecule has 2 unspecified atom stereocenters. The van der Waals surface area contributed by atoms with Crippen molar-refractivity contribution in [1.29, 1.82) is 0 Å². The maximum atomic E-state index is 10.9. The van der Waals surface area contributed by atoms with Crippen LogP contribution in [-0.2, 0) is 11.2 Å². The molecule has 2 atom stereocenters. The first kappa shape index (κ1) is 14.9. The van der Waals surface area contributed by atoms with Crippen molar-refractivity contribution in [3.8, 4) is 0 Å². The van der Waals surface area contributed by atoms with Crippen LogP contribution in [0.3, 0.4) is 0 Å². The molecule has 1 N–H and O–H groups in total. The fourth-order valence-electron chi connectivity index (χ4n) is 4.13. The monoisotopic (exact) mass is 306 g/mol. The molecule has 0 bridgehead atoms. The van der Waals surface area contributed by atoms with Crippen molar-refractivity contribution in [1.82, 2.24) is 4.90 Å². The maximum absolute atomic E-state index is 10.9. The van der Waals surface area contributed by atoms with E-state index < -0.39 is 0 Å². The molecule has 0 radical (unpaired) electrons. The Bertz CT molecular complexity index is 532. The van der Waals surface area contributed by atoms with E-state index in [4.69, 9.17) is 11.6 Å². The molecule has 1 aliphatic carbocycles. The van der Waals surface area contributed by atoms with E-state index in [-0.39, 0.29) is 0 Å². The molecule has 4 heteroatoms. The number of rotatable bonds is 4. The van der Waals surface area contributed by atoms with Crippen molar-refractivity contribution in [2.45, 2.75) is 38.5 Å². The average molecular weight is 307 g/mol. The zero-order chi connectivity index (χ0) is 14.8. The van der Waals surface area contributed by atoms with Gasteiger partial charge in [-0.25, -0.2) is 0 Å². The summed E-state index contributed by atoms with van der Waals surface area (Å²) < 4.78 is 0. The summed E-state index contributed by atoms with van der Waals surface area (Å²) in [7, 11) is 0. The minimum atomic E-state index is 0.544. The lowest BCUT2D eigenvalue weighted by molar-refractivity contribution is -0.105. The molecule has 1 aliphatic heterocycles. The first-order valence-corrected chi connectivity index (χ1v) is 8.36. The van der Waals surface area contributed by atoms with E-state index in [2.05, 4.69) is 17.1 Å². The van der Waals surface area contributed by atoms with Crippen LogP contribution in [0.15, 0.2) is 12.1 Å². The summed E-state index contributed by atoms with van der Waals surface area (Å²) in [6.45, 7) is 5.78. The third-order valence-corrected chi connectivity index (χ3v) is 5.36.